The second kappa shape index (κ2) is 16.7. The van der Waals surface area contributed by atoms with Crippen molar-refractivity contribution in [1.29, 1.82) is 0 Å². The molecule has 12 heteroatoms. The summed E-state index contributed by atoms with van der Waals surface area (Å²) in [5, 5.41) is 27.3. The minimum Gasteiger partial charge on any atom is -0.490 e. The largest absolute Gasteiger partial charge is 0.490 e. The number of β-amino-alcohol motifs (C(OH)–C–C–N with tert-alkyl or cyclic N) is 1. The van der Waals surface area contributed by atoms with Gasteiger partial charge in [0.15, 0.2) is 0 Å². The number of rotatable bonds is 6. The van der Waals surface area contributed by atoms with Gasteiger partial charge in [0.2, 0.25) is 11.8 Å². The number of fused-ring (bicyclic) bond motifs is 1. The Morgan fingerprint density at radius 1 is 0.957 bits per heavy atom. The van der Waals surface area contributed by atoms with Crippen molar-refractivity contribution in [1.82, 2.24) is 15.5 Å². The molecule has 11 nitrogen and oxygen atoms in total. The first-order chi connectivity index (χ1) is 22.1. The lowest BCUT2D eigenvalue weighted by Crippen LogP contribution is -2.53. The highest BCUT2D eigenvalue weighted by molar-refractivity contribution is 6.30. The fraction of sp³-hybridized carbons (Fsp3) is 0.353. The van der Waals surface area contributed by atoms with Gasteiger partial charge < -0.3 is 35.2 Å². The van der Waals surface area contributed by atoms with Crippen molar-refractivity contribution in [3.63, 3.8) is 0 Å². The molecule has 1 heterocycles. The topological polar surface area (TPSA) is 154 Å². The van der Waals surface area contributed by atoms with Crippen LogP contribution < -0.4 is 15.4 Å². The lowest BCUT2D eigenvalue weighted by atomic mass is 10.0. The maximum atomic E-state index is 13.7. The molecule has 3 amide bonds. The number of esters is 1. The summed E-state index contributed by atoms with van der Waals surface area (Å²) < 4.78 is 10.7. The van der Waals surface area contributed by atoms with Crippen molar-refractivity contribution in [3.8, 4) is 5.75 Å². The molecule has 46 heavy (non-hydrogen) atoms. The lowest BCUT2D eigenvalue weighted by Gasteiger charge is -2.28. The van der Waals surface area contributed by atoms with Gasteiger partial charge in [0, 0.05) is 31.0 Å². The number of aliphatic hydroxyl groups is 2. The summed E-state index contributed by atoms with van der Waals surface area (Å²) in [6, 6.07) is 20.4. The highest BCUT2D eigenvalue weighted by atomic mass is 35.5. The van der Waals surface area contributed by atoms with Crippen molar-refractivity contribution < 1.29 is 38.9 Å². The van der Waals surface area contributed by atoms with Crippen LogP contribution >= 0.6 is 11.6 Å². The van der Waals surface area contributed by atoms with E-state index in [1.165, 1.54) is 30.2 Å². The molecule has 4 unspecified atom stereocenters. The molecule has 244 valence electrons. The molecular formula is C34H38ClN3O8. The van der Waals surface area contributed by atoms with Crippen LogP contribution in [0.5, 0.6) is 5.75 Å². The molecule has 3 aromatic rings. The maximum absolute atomic E-state index is 13.7. The van der Waals surface area contributed by atoms with E-state index in [1.54, 1.807) is 24.3 Å². The predicted molar refractivity (Wildman–Crippen MR) is 170 cm³/mol. The fourth-order valence-electron chi connectivity index (χ4n) is 5.05. The van der Waals surface area contributed by atoms with Crippen molar-refractivity contribution in [2.45, 2.75) is 50.0 Å². The summed E-state index contributed by atoms with van der Waals surface area (Å²) in [5.41, 5.74) is 1.75. The fourth-order valence-corrected chi connectivity index (χ4v) is 5.21. The van der Waals surface area contributed by atoms with E-state index in [4.69, 9.17) is 21.1 Å². The van der Waals surface area contributed by atoms with E-state index in [-0.39, 0.29) is 48.7 Å². The number of nitrogens with zero attached hydrogens (tertiary/aromatic N) is 1. The first-order valence-corrected chi connectivity index (χ1v) is 15.4. The smallest absolute Gasteiger partial charge is 0.328 e. The lowest BCUT2D eigenvalue weighted by molar-refractivity contribution is -0.146. The number of aliphatic hydroxyl groups excluding tert-OH is 2. The average Bonchev–Trinajstić information content (AvgIpc) is 3.06. The van der Waals surface area contributed by atoms with Gasteiger partial charge in [0.25, 0.3) is 5.91 Å². The molecule has 0 aliphatic carbocycles. The van der Waals surface area contributed by atoms with E-state index in [9.17, 15) is 29.4 Å². The van der Waals surface area contributed by atoms with E-state index in [0.29, 0.717) is 6.42 Å². The molecule has 0 saturated carbocycles. The van der Waals surface area contributed by atoms with Crippen molar-refractivity contribution >= 4 is 35.3 Å². The molecule has 0 fully saturated rings. The van der Waals surface area contributed by atoms with Crippen LogP contribution in [0, 0.1) is 0 Å². The Morgan fingerprint density at radius 2 is 1.63 bits per heavy atom. The summed E-state index contributed by atoms with van der Waals surface area (Å²) in [4.78, 5) is 54.8. The number of hydrogen-bond donors (Lipinski definition) is 4. The van der Waals surface area contributed by atoms with E-state index < -0.39 is 54.6 Å². The van der Waals surface area contributed by atoms with E-state index >= 15 is 0 Å². The number of ether oxygens (including phenoxy) is 2. The third-order valence-electron chi connectivity index (χ3n) is 7.67. The highest BCUT2D eigenvalue weighted by Gasteiger charge is 2.31. The number of carbonyl (C=O) groups excluding carboxylic acids is 4. The number of carbonyl (C=O) groups is 4. The summed E-state index contributed by atoms with van der Waals surface area (Å²) >= 11 is 6.18. The van der Waals surface area contributed by atoms with Crippen LogP contribution in [-0.4, -0.2) is 89.9 Å². The van der Waals surface area contributed by atoms with Crippen LogP contribution in [-0.2, 0) is 32.0 Å². The number of methoxy groups -OCH3 is 1. The minimum absolute atomic E-state index is 0.0175. The van der Waals surface area contributed by atoms with Gasteiger partial charge in [0.05, 0.1) is 12.7 Å². The molecule has 4 N–H and O–H groups in total. The number of amides is 3. The molecule has 1 aliphatic heterocycles. The Bertz CT molecular complexity index is 1490. The van der Waals surface area contributed by atoms with Crippen LogP contribution in [0.2, 0.25) is 5.02 Å². The molecule has 4 atom stereocenters. The second-order valence-corrected chi connectivity index (χ2v) is 11.4. The number of benzene rings is 3. The number of hydrogen-bond acceptors (Lipinski definition) is 8. The van der Waals surface area contributed by atoms with Gasteiger partial charge in [-0.05, 0) is 42.2 Å². The molecule has 0 radical (unpaired) electrons. The SMILES string of the molecule is COC(=O)C1CCC(=O)N(CCc2ccccc2)CC(O)C(O)COc2cc(Cl)ccc2C(=O)NC(Cc2ccccc2)C(=O)N1. The van der Waals surface area contributed by atoms with Gasteiger partial charge in [-0.1, -0.05) is 72.3 Å². The Balaban J connectivity index is 1.67. The van der Waals surface area contributed by atoms with Crippen LogP contribution in [0.25, 0.3) is 0 Å². The predicted octanol–water partition coefficient (Wildman–Crippen LogP) is 2.30. The van der Waals surface area contributed by atoms with Crippen molar-refractivity contribution in [3.05, 3.63) is 101 Å². The molecule has 1 aliphatic rings. The number of halogens is 1. The van der Waals surface area contributed by atoms with Crippen LogP contribution in [0.15, 0.2) is 78.9 Å². The Morgan fingerprint density at radius 3 is 2.30 bits per heavy atom. The van der Waals surface area contributed by atoms with Gasteiger partial charge in [-0.25, -0.2) is 4.79 Å². The van der Waals surface area contributed by atoms with E-state index in [1.807, 2.05) is 36.4 Å². The third kappa shape index (κ3) is 9.77. The standard InChI is InChI=1S/C34H38ClN3O8/c1-45-34(44)26-14-15-31(41)38(17-16-22-8-4-2-5-9-22)20-28(39)29(40)21-46-30-19-24(35)12-13-25(30)32(42)37-27(33(43)36-26)18-23-10-6-3-7-11-23/h2-13,19,26-29,39-40H,14-18,20-21H2,1H3,(H,36,43)(H,37,42). The van der Waals surface area contributed by atoms with Crippen molar-refractivity contribution in [2.75, 3.05) is 26.8 Å². The van der Waals surface area contributed by atoms with Gasteiger partial charge in [-0.3, -0.25) is 14.4 Å². The molecule has 3 aromatic carbocycles. The monoisotopic (exact) mass is 651 g/mol. The molecule has 4 rings (SSSR count). The molecule has 0 bridgehead atoms. The molecule has 0 aromatic heterocycles. The molecule has 0 saturated heterocycles. The average molecular weight is 652 g/mol. The Hall–Kier alpha value is -4.45. The Kier molecular flexibility index (Phi) is 12.5. The van der Waals surface area contributed by atoms with Crippen LogP contribution in [0.1, 0.15) is 34.3 Å². The van der Waals surface area contributed by atoms with Crippen molar-refractivity contribution in [2.24, 2.45) is 0 Å². The zero-order valence-corrected chi connectivity index (χ0v) is 26.2. The summed E-state index contributed by atoms with van der Waals surface area (Å²) in [6.45, 7) is -0.424. The van der Waals surface area contributed by atoms with Crippen LogP contribution in [0.4, 0.5) is 0 Å². The minimum atomic E-state index is -1.44. The van der Waals surface area contributed by atoms with Gasteiger partial charge in [0.1, 0.15) is 36.6 Å². The van der Waals surface area contributed by atoms with Gasteiger partial charge in [-0.2, -0.15) is 0 Å². The normalized spacial score (nSPS) is 21.7. The van der Waals surface area contributed by atoms with Gasteiger partial charge >= 0.3 is 5.97 Å². The molecule has 0 spiro atoms. The zero-order valence-electron chi connectivity index (χ0n) is 25.4. The second-order valence-electron chi connectivity index (χ2n) is 11.0. The van der Waals surface area contributed by atoms with E-state index in [2.05, 4.69) is 10.6 Å². The highest BCUT2D eigenvalue weighted by Crippen LogP contribution is 2.24. The first-order valence-electron chi connectivity index (χ1n) is 15.0. The third-order valence-corrected chi connectivity index (χ3v) is 7.90. The Labute approximate surface area is 272 Å². The maximum Gasteiger partial charge on any atom is 0.328 e. The van der Waals surface area contributed by atoms with E-state index in [0.717, 1.165) is 11.1 Å². The van der Waals surface area contributed by atoms with Gasteiger partial charge in [-0.15, -0.1) is 0 Å². The molecular weight excluding hydrogens is 614 g/mol. The summed E-state index contributed by atoms with van der Waals surface area (Å²) in [5.74, 6) is -2.47. The number of nitrogens with one attached hydrogen (secondary N) is 2. The first kappa shape index (κ1) is 34.4. The summed E-state index contributed by atoms with van der Waals surface area (Å²) in [6.07, 6.45) is -2.55. The van der Waals surface area contributed by atoms with Crippen LogP contribution in [0.3, 0.4) is 0 Å². The zero-order chi connectivity index (χ0) is 33.1. The quantitative estimate of drug-likeness (QED) is 0.296. The summed E-state index contributed by atoms with van der Waals surface area (Å²) in [7, 11) is 1.17.